The maximum absolute atomic E-state index is 13.5. The summed E-state index contributed by atoms with van der Waals surface area (Å²) < 4.78 is 11.0. The molecule has 3 saturated heterocycles. The number of anilines is 1. The van der Waals surface area contributed by atoms with Crippen molar-refractivity contribution in [1.82, 2.24) is 20.0 Å². The van der Waals surface area contributed by atoms with Crippen molar-refractivity contribution < 1.29 is 28.3 Å². The van der Waals surface area contributed by atoms with Crippen LogP contribution in [0.4, 0.5) is 10.5 Å². The molecule has 1 atom stereocenters. The Hall–Kier alpha value is -4.09. The number of benzene rings is 1. The minimum Gasteiger partial charge on any atom is -0.461 e. The Balaban J connectivity index is 1.27. The molecule has 3 aliphatic rings. The molecule has 12 nitrogen and oxygen atoms in total. The lowest BCUT2D eigenvalue weighted by atomic mass is 10.1. The Morgan fingerprint density at radius 2 is 1.81 bits per heavy atom. The Morgan fingerprint density at radius 1 is 1.02 bits per heavy atom. The summed E-state index contributed by atoms with van der Waals surface area (Å²) in [5.41, 5.74) is 1.38. The molecule has 0 saturated carbocycles. The molecule has 1 aromatic heterocycles. The highest BCUT2D eigenvalue weighted by Gasteiger charge is 2.30. The third-order valence-corrected chi connectivity index (χ3v) is 7.92. The monoisotopic (exact) mass is 580 g/mol. The van der Waals surface area contributed by atoms with Crippen molar-refractivity contribution in [3.05, 3.63) is 30.0 Å². The largest absolute Gasteiger partial charge is 0.461 e. The molecule has 12 heteroatoms. The molecule has 2 aromatic rings. The summed E-state index contributed by atoms with van der Waals surface area (Å²) in [4.78, 5) is 60.8. The molecule has 3 aliphatic heterocycles. The van der Waals surface area contributed by atoms with E-state index < -0.39 is 12.1 Å². The zero-order valence-electron chi connectivity index (χ0n) is 24.2. The number of amides is 4. The third kappa shape index (κ3) is 7.59. The van der Waals surface area contributed by atoms with Gasteiger partial charge in [-0.1, -0.05) is 0 Å². The maximum atomic E-state index is 13.5. The van der Waals surface area contributed by atoms with Crippen LogP contribution >= 0.6 is 0 Å². The molecule has 5 rings (SSSR count). The average molecular weight is 581 g/mol. The number of nitrogens with zero attached hydrogens (tertiary/aromatic N) is 4. The zero-order valence-corrected chi connectivity index (χ0v) is 24.2. The van der Waals surface area contributed by atoms with E-state index in [2.05, 4.69) is 15.6 Å². The number of likely N-dealkylation sites (tertiary alicyclic amines) is 3. The molecule has 0 radical (unpaired) electrons. The predicted octanol–water partition coefficient (Wildman–Crippen LogP) is 3.25. The van der Waals surface area contributed by atoms with Crippen molar-refractivity contribution >= 4 is 46.4 Å². The summed E-state index contributed by atoms with van der Waals surface area (Å²) in [6, 6.07) is 6.65. The van der Waals surface area contributed by atoms with Crippen LogP contribution in [0, 0.1) is 6.92 Å². The van der Waals surface area contributed by atoms with Crippen LogP contribution in [0.3, 0.4) is 0 Å². The number of alkyl carbamates (subject to hydrolysis) is 1. The van der Waals surface area contributed by atoms with Crippen LogP contribution < -0.4 is 10.6 Å². The van der Waals surface area contributed by atoms with Crippen LogP contribution in [-0.4, -0.2) is 96.4 Å². The first-order chi connectivity index (χ1) is 20.4. The van der Waals surface area contributed by atoms with Crippen LogP contribution in [0.25, 0.3) is 11.0 Å². The lowest BCUT2D eigenvalue weighted by Gasteiger charge is -2.25. The summed E-state index contributed by atoms with van der Waals surface area (Å²) in [5.74, 6) is 0.726. The van der Waals surface area contributed by atoms with Gasteiger partial charge in [-0.3, -0.25) is 19.7 Å². The molecule has 3 fully saturated rings. The fourth-order valence-corrected chi connectivity index (χ4v) is 5.73. The number of hydrogen-bond acceptors (Lipinski definition) is 7. The maximum Gasteiger partial charge on any atom is 0.413 e. The van der Waals surface area contributed by atoms with Gasteiger partial charge in [-0.25, -0.2) is 9.79 Å². The Morgan fingerprint density at radius 3 is 2.60 bits per heavy atom. The number of furan rings is 1. The average Bonchev–Trinajstić information content (AvgIpc) is 3.70. The lowest BCUT2D eigenvalue weighted by Crippen LogP contribution is -2.45. The van der Waals surface area contributed by atoms with Gasteiger partial charge in [0.25, 0.3) is 0 Å². The number of fused-ring (bicyclic) bond motifs is 1. The number of nitrogens with one attached hydrogen (secondary N) is 2. The van der Waals surface area contributed by atoms with Gasteiger partial charge in [0.15, 0.2) is 0 Å². The number of guanidine groups is 1. The molecular formula is C30H40N6O6. The first kappa shape index (κ1) is 29.4. The van der Waals surface area contributed by atoms with Crippen molar-refractivity contribution in [2.45, 2.75) is 64.3 Å². The molecule has 226 valence electrons. The lowest BCUT2D eigenvalue weighted by molar-refractivity contribution is -0.140. The van der Waals surface area contributed by atoms with Gasteiger partial charge in [-0.15, -0.1) is 0 Å². The minimum atomic E-state index is -0.761. The van der Waals surface area contributed by atoms with Crippen molar-refractivity contribution in [1.29, 1.82) is 0 Å². The van der Waals surface area contributed by atoms with E-state index in [1.54, 1.807) is 15.9 Å². The van der Waals surface area contributed by atoms with Crippen molar-refractivity contribution in [3.63, 3.8) is 0 Å². The molecule has 4 heterocycles. The van der Waals surface area contributed by atoms with Gasteiger partial charge in [0, 0.05) is 50.2 Å². The van der Waals surface area contributed by atoms with E-state index in [1.807, 2.05) is 30.0 Å². The topological polar surface area (TPSA) is 137 Å². The van der Waals surface area contributed by atoms with Gasteiger partial charge in [-0.05, 0) is 76.1 Å². The van der Waals surface area contributed by atoms with Crippen molar-refractivity contribution in [3.8, 4) is 0 Å². The van der Waals surface area contributed by atoms with Gasteiger partial charge in [0.2, 0.25) is 23.7 Å². The fraction of sp³-hybridized carbons (Fsp3) is 0.567. The molecule has 0 bridgehead atoms. The fourth-order valence-electron chi connectivity index (χ4n) is 5.73. The first-order valence-electron chi connectivity index (χ1n) is 15.0. The standard InChI is InChI=1S/C30H40N6O6/c1-21-18-22-19-23(10-11-25(22)42-21)31-29(33-30(40)41-17-7-16-34-15-6-9-26(34)37)32-24-8-2-3-14-36(28(24)39)20-27(38)35-12-4-5-13-35/h10-11,18-19,24H,2-9,12-17,20H2,1H3,(H2,31,32,33,40). The molecule has 4 amide bonds. The van der Waals surface area contributed by atoms with Crippen LogP contribution in [0.15, 0.2) is 33.7 Å². The number of aliphatic imine (C=N–C) groups is 1. The molecule has 0 aliphatic carbocycles. The zero-order chi connectivity index (χ0) is 29.5. The highest BCUT2D eigenvalue weighted by Crippen LogP contribution is 2.23. The van der Waals surface area contributed by atoms with Crippen LogP contribution in [0.2, 0.25) is 0 Å². The third-order valence-electron chi connectivity index (χ3n) is 7.92. The van der Waals surface area contributed by atoms with E-state index in [-0.39, 0.29) is 36.8 Å². The first-order valence-corrected chi connectivity index (χ1v) is 15.0. The molecule has 2 N–H and O–H groups in total. The molecule has 1 unspecified atom stereocenters. The van der Waals surface area contributed by atoms with Crippen molar-refractivity contribution in [2.24, 2.45) is 4.99 Å². The summed E-state index contributed by atoms with van der Waals surface area (Å²) >= 11 is 0. The smallest absolute Gasteiger partial charge is 0.413 e. The van der Waals surface area contributed by atoms with Gasteiger partial charge >= 0.3 is 6.09 Å². The minimum absolute atomic E-state index is 0.0372. The predicted molar refractivity (Wildman–Crippen MR) is 157 cm³/mol. The van der Waals surface area contributed by atoms with E-state index in [0.29, 0.717) is 38.0 Å². The number of ether oxygens (including phenoxy) is 1. The second-order valence-electron chi connectivity index (χ2n) is 11.2. The number of carbonyl (C=O) groups excluding carboxylic acids is 4. The van der Waals surface area contributed by atoms with E-state index >= 15 is 0 Å². The van der Waals surface area contributed by atoms with E-state index in [0.717, 1.165) is 68.5 Å². The van der Waals surface area contributed by atoms with E-state index in [4.69, 9.17) is 9.15 Å². The quantitative estimate of drug-likeness (QED) is 0.278. The Labute approximate surface area is 245 Å². The van der Waals surface area contributed by atoms with Crippen LogP contribution in [0.1, 0.15) is 57.1 Å². The highest BCUT2D eigenvalue weighted by atomic mass is 16.5. The van der Waals surface area contributed by atoms with Gasteiger partial charge in [-0.2, -0.15) is 0 Å². The van der Waals surface area contributed by atoms with Gasteiger partial charge < -0.3 is 29.2 Å². The number of carbonyl (C=O) groups is 4. The van der Waals surface area contributed by atoms with Crippen molar-refractivity contribution in [2.75, 3.05) is 51.2 Å². The van der Waals surface area contributed by atoms with Crippen LogP contribution in [0.5, 0.6) is 0 Å². The van der Waals surface area contributed by atoms with E-state index in [1.165, 1.54) is 0 Å². The second-order valence-corrected chi connectivity index (χ2v) is 11.2. The highest BCUT2D eigenvalue weighted by molar-refractivity contribution is 6.04. The molecule has 0 spiro atoms. The SMILES string of the molecule is Cc1cc2cc(NC(=NC3CCCCN(CC(=O)N4CCCC4)C3=O)NC(=O)OCCCN3CCCC3=O)ccc2o1. The normalized spacial score (nSPS) is 19.9. The Bertz CT molecular complexity index is 1330. The molecule has 42 heavy (non-hydrogen) atoms. The Kier molecular flexibility index (Phi) is 9.60. The summed E-state index contributed by atoms with van der Waals surface area (Å²) in [7, 11) is 0. The summed E-state index contributed by atoms with van der Waals surface area (Å²) in [5, 5.41) is 6.69. The number of aryl methyl sites for hydroxylation is 1. The van der Waals surface area contributed by atoms with Gasteiger partial charge in [0.1, 0.15) is 17.4 Å². The summed E-state index contributed by atoms with van der Waals surface area (Å²) in [6.07, 6.45) is 5.27. The molecular weight excluding hydrogens is 540 g/mol. The number of rotatable bonds is 8. The summed E-state index contributed by atoms with van der Waals surface area (Å²) in [6.45, 7) is 5.29. The van der Waals surface area contributed by atoms with Crippen LogP contribution in [-0.2, 0) is 19.1 Å². The van der Waals surface area contributed by atoms with Gasteiger partial charge in [0.05, 0.1) is 13.2 Å². The molecule has 1 aromatic carbocycles. The van der Waals surface area contributed by atoms with E-state index in [9.17, 15) is 19.2 Å². The number of hydrogen-bond donors (Lipinski definition) is 2. The second kappa shape index (κ2) is 13.7.